The number of carbonyl (C=O) groups is 1. The SMILES string of the molecule is CCCCC1NC(CC)N(C(CN(C)C)C(C)C)C1=O. The number of hydrogen-bond acceptors (Lipinski definition) is 3. The average Bonchev–Trinajstić information content (AvgIpc) is 2.69. The summed E-state index contributed by atoms with van der Waals surface area (Å²) in [5.74, 6) is 0.785. The Morgan fingerprint density at radius 3 is 2.40 bits per heavy atom. The molecular weight excluding hydrogens is 250 g/mol. The Labute approximate surface area is 124 Å². The van der Waals surface area contributed by atoms with Gasteiger partial charge in [-0.1, -0.05) is 40.5 Å². The van der Waals surface area contributed by atoms with Gasteiger partial charge in [0.25, 0.3) is 0 Å². The second-order valence-corrected chi connectivity index (χ2v) is 6.60. The lowest BCUT2D eigenvalue weighted by atomic mass is 10.0. The Kier molecular flexibility index (Phi) is 6.96. The first-order valence-electron chi connectivity index (χ1n) is 8.15. The van der Waals surface area contributed by atoms with Crippen LogP contribution in [0.3, 0.4) is 0 Å². The van der Waals surface area contributed by atoms with Crippen molar-refractivity contribution in [2.45, 2.75) is 71.6 Å². The molecule has 3 atom stereocenters. The summed E-state index contributed by atoms with van der Waals surface area (Å²) in [6, 6.07) is 0.324. The lowest BCUT2D eigenvalue weighted by molar-refractivity contribution is -0.133. The van der Waals surface area contributed by atoms with Crippen LogP contribution in [0.15, 0.2) is 0 Å². The number of hydrogen-bond donors (Lipinski definition) is 1. The molecule has 1 N–H and O–H groups in total. The van der Waals surface area contributed by atoms with E-state index in [2.05, 4.69) is 56.9 Å². The van der Waals surface area contributed by atoms with Crippen LogP contribution in [0.5, 0.6) is 0 Å². The first-order valence-corrected chi connectivity index (χ1v) is 8.15. The molecule has 0 spiro atoms. The summed E-state index contributed by atoms with van der Waals surface area (Å²) in [4.78, 5) is 17.1. The zero-order valence-electron chi connectivity index (χ0n) is 14.1. The smallest absolute Gasteiger partial charge is 0.241 e. The molecule has 4 nitrogen and oxygen atoms in total. The van der Waals surface area contributed by atoms with Gasteiger partial charge in [-0.05, 0) is 32.9 Å². The maximum atomic E-state index is 12.8. The molecule has 1 aliphatic rings. The molecule has 0 aromatic heterocycles. The highest BCUT2D eigenvalue weighted by atomic mass is 16.2. The summed E-state index contributed by atoms with van der Waals surface area (Å²) in [5, 5.41) is 3.54. The summed E-state index contributed by atoms with van der Waals surface area (Å²) in [5.41, 5.74) is 0. The van der Waals surface area contributed by atoms with Crippen LogP contribution in [-0.4, -0.2) is 54.6 Å². The van der Waals surface area contributed by atoms with Gasteiger partial charge in [0.1, 0.15) is 0 Å². The maximum Gasteiger partial charge on any atom is 0.241 e. The molecule has 0 saturated carbocycles. The molecule has 1 fully saturated rings. The summed E-state index contributed by atoms with van der Waals surface area (Å²) >= 11 is 0. The molecule has 4 heteroatoms. The lowest BCUT2D eigenvalue weighted by Crippen LogP contribution is -2.51. The normalized spacial score (nSPS) is 25.0. The quantitative estimate of drug-likeness (QED) is 0.742. The molecular formula is C16H33N3O. The average molecular weight is 283 g/mol. The summed E-state index contributed by atoms with van der Waals surface area (Å²) in [7, 11) is 4.16. The van der Waals surface area contributed by atoms with Gasteiger partial charge >= 0.3 is 0 Å². The van der Waals surface area contributed by atoms with Gasteiger partial charge in [-0.3, -0.25) is 10.1 Å². The Hall–Kier alpha value is -0.610. The molecule has 1 aliphatic heterocycles. The third kappa shape index (κ3) is 4.19. The van der Waals surface area contributed by atoms with Crippen molar-refractivity contribution in [2.75, 3.05) is 20.6 Å². The van der Waals surface area contributed by atoms with E-state index in [1.165, 1.54) is 0 Å². The van der Waals surface area contributed by atoms with Crippen molar-refractivity contribution in [3.63, 3.8) is 0 Å². The van der Waals surface area contributed by atoms with Crippen LogP contribution in [0.25, 0.3) is 0 Å². The number of amides is 1. The molecule has 1 saturated heterocycles. The fourth-order valence-corrected chi connectivity index (χ4v) is 3.04. The molecule has 118 valence electrons. The standard InChI is InChI=1S/C16H33N3O/c1-7-9-10-13-16(20)19(15(8-2)17-13)14(12(3)4)11-18(5)6/h12-15,17H,7-11H2,1-6H3. The minimum Gasteiger partial charge on any atom is -0.321 e. The Balaban J connectivity index is 2.84. The molecule has 1 heterocycles. The molecule has 0 bridgehead atoms. The Bertz CT molecular complexity index is 304. The minimum atomic E-state index is 0.0308. The van der Waals surface area contributed by atoms with Crippen molar-refractivity contribution in [3.05, 3.63) is 0 Å². The Morgan fingerprint density at radius 2 is 1.95 bits per heavy atom. The van der Waals surface area contributed by atoms with E-state index in [1.54, 1.807) is 0 Å². The fraction of sp³-hybridized carbons (Fsp3) is 0.938. The van der Waals surface area contributed by atoms with Crippen molar-refractivity contribution >= 4 is 5.91 Å². The molecule has 0 aromatic rings. The number of likely N-dealkylation sites (N-methyl/N-ethyl adjacent to an activating group) is 1. The van der Waals surface area contributed by atoms with Gasteiger partial charge in [-0.2, -0.15) is 0 Å². The number of rotatable bonds is 8. The molecule has 20 heavy (non-hydrogen) atoms. The third-order valence-electron chi connectivity index (χ3n) is 4.19. The van der Waals surface area contributed by atoms with Crippen molar-refractivity contribution in [3.8, 4) is 0 Å². The van der Waals surface area contributed by atoms with E-state index in [-0.39, 0.29) is 12.2 Å². The molecule has 1 rings (SSSR count). The summed E-state index contributed by atoms with van der Waals surface area (Å²) in [6.07, 6.45) is 4.41. The van der Waals surface area contributed by atoms with E-state index in [4.69, 9.17) is 0 Å². The van der Waals surface area contributed by atoms with Gasteiger partial charge in [0.2, 0.25) is 5.91 Å². The van der Waals surface area contributed by atoms with Crippen molar-refractivity contribution in [1.82, 2.24) is 15.1 Å². The topological polar surface area (TPSA) is 35.6 Å². The first-order chi connectivity index (χ1) is 9.42. The third-order valence-corrected chi connectivity index (χ3v) is 4.19. The van der Waals surface area contributed by atoms with E-state index >= 15 is 0 Å². The predicted molar refractivity (Wildman–Crippen MR) is 84.6 cm³/mol. The molecule has 3 unspecified atom stereocenters. The lowest BCUT2D eigenvalue weighted by Gasteiger charge is -2.36. The predicted octanol–water partition coefficient (Wildman–Crippen LogP) is 2.30. The second kappa shape index (κ2) is 7.99. The zero-order chi connectivity index (χ0) is 15.3. The van der Waals surface area contributed by atoms with Crippen LogP contribution in [0.1, 0.15) is 53.4 Å². The van der Waals surface area contributed by atoms with Crippen LogP contribution in [0.4, 0.5) is 0 Å². The highest BCUT2D eigenvalue weighted by Gasteiger charge is 2.42. The van der Waals surface area contributed by atoms with Crippen LogP contribution >= 0.6 is 0 Å². The Morgan fingerprint density at radius 1 is 1.30 bits per heavy atom. The van der Waals surface area contributed by atoms with E-state index in [0.29, 0.717) is 17.9 Å². The van der Waals surface area contributed by atoms with Crippen LogP contribution in [-0.2, 0) is 4.79 Å². The van der Waals surface area contributed by atoms with Crippen molar-refractivity contribution in [2.24, 2.45) is 5.92 Å². The molecule has 1 amide bonds. The summed E-state index contributed by atoms with van der Waals surface area (Å²) in [6.45, 7) is 9.70. The van der Waals surface area contributed by atoms with Gasteiger partial charge in [0.05, 0.1) is 12.2 Å². The van der Waals surface area contributed by atoms with Gasteiger partial charge in [0, 0.05) is 12.6 Å². The van der Waals surface area contributed by atoms with Gasteiger partial charge < -0.3 is 9.80 Å². The van der Waals surface area contributed by atoms with Crippen molar-refractivity contribution < 1.29 is 4.79 Å². The first kappa shape index (κ1) is 17.4. The number of nitrogens with one attached hydrogen (secondary N) is 1. The number of carbonyl (C=O) groups excluding carboxylic acids is 1. The molecule has 0 aliphatic carbocycles. The molecule has 0 radical (unpaired) electrons. The summed E-state index contributed by atoms with van der Waals surface area (Å²) < 4.78 is 0. The highest BCUT2D eigenvalue weighted by Crippen LogP contribution is 2.24. The number of nitrogens with zero attached hydrogens (tertiary/aromatic N) is 2. The monoisotopic (exact) mass is 283 g/mol. The van der Waals surface area contributed by atoms with Gasteiger partial charge in [0.15, 0.2) is 0 Å². The minimum absolute atomic E-state index is 0.0308. The van der Waals surface area contributed by atoms with E-state index in [9.17, 15) is 4.79 Å². The van der Waals surface area contributed by atoms with E-state index < -0.39 is 0 Å². The van der Waals surface area contributed by atoms with E-state index in [1.807, 2.05) is 0 Å². The largest absolute Gasteiger partial charge is 0.321 e. The van der Waals surface area contributed by atoms with Gasteiger partial charge in [-0.25, -0.2) is 0 Å². The maximum absolute atomic E-state index is 12.8. The second-order valence-electron chi connectivity index (χ2n) is 6.60. The molecule has 0 aromatic carbocycles. The van der Waals surface area contributed by atoms with Crippen LogP contribution < -0.4 is 5.32 Å². The van der Waals surface area contributed by atoms with Gasteiger partial charge in [-0.15, -0.1) is 0 Å². The van der Waals surface area contributed by atoms with Crippen LogP contribution in [0.2, 0.25) is 0 Å². The van der Waals surface area contributed by atoms with Crippen LogP contribution in [0, 0.1) is 5.92 Å². The number of unbranched alkanes of at least 4 members (excludes halogenated alkanes) is 1. The fourth-order valence-electron chi connectivity index (χ4n) is 3.04. The highest BCUT2D eigenvalue weighted by molar-refractivity contribution is 5.84. The zero-order valence-corrected chi connectivity index (χ0v) is 14.1. The van der Waals surface area contributed by atoms with E-state index in [0.717, 1.165) is 32.2 Å². The van der Waals surface area contributed by atoms with Crippen molar-refractivity contribution in [1.29, 1.82) is 0 Å².